The summed E-state index contributed by atoms with van der Waals surface area (Å²) in [6.45, 7) is 1.56. The number of hydrogen-bond acceptors (Lipinski definition) is 6. The van der Waals surface area contributed by atoms with Crippen molar-refractivity contribution in [2.45, 2.75) is 25.1 Å². The van der Waals surface area contributed by atoms with E-state index in [2.05, 4.69) is 10.2 Å². The van der Waals surface area contributed by atoms with E-state index < -0.39 is 22.8 Å². The molecule has 3 rings (SSSR count). The van der Waals surface area contributed by atoms with Gasteiger partial charge in [0.25, 0.3) is 5.91 Å². The number of aliphatic hydroxyl groups is 1. The minimum absolute atomic E-state index is 0.0101. The number of furan rings is 1. The van der Waals surface area contributed by atoms with Gasteiger partial charge in [0.05, 0.1) is 12.2 Å². The number of nitrogens with zero attached hydrogens (tertiary/aromatic N) is 2. The van der Waals surface area contributed by atoms with E-state index in [0.717, 1.165) is 11.6 Å². The fraction of sp³-hybridized carbons (Fsp3) is 0.353. The predicted octanol–water partition coefficient (Wildman–Crippen LogP) is 1.55. The van der Waals surface area contributed by atoms with Crippen LogP contribution in [-0.4, -0.2) is 46.1 Å². The van der Waals surface area contributed by atoms with Crippen LogP contribution in [0.25, 0.3) is 0 Å². The van der Waals surface area contributed by atoms with Crippen LogP contribution in [0, 0.1) is 10.1 Å². The first kappa shape index (κ1) is 17.1. The van der Waals surface area contributed by atoms with Crippen LogP contribution < -0.4 is 5.32 Å². The molecule has 8 nitrogen and oxygen atoms in total. The third kappa shape index (κ3) is 4.23. The molecule has 0 unspecified atom stereocenters. The number of carbonyl (C=O) groups excluding carboxylic acids is 1. The molecule has 0 radical (unpaired) electrons. The van der Waals surface area contributed by atoms with Gasteiger partial charge in [-0.15, -0.1) is 0 Å². The zero-order valence-electron chi connectivity index (χ0n) is 13.5. The third-order valence-electron chi connectivity index (χ3n) is 4.23. The Labute approximate surface area is 144 Å². The van der Waals surface area contributed by atoms with Gasteiger partial charge in [0.2, 0.25) is 0 Å². The first-order valence-electron chi connectivity index (χ1n) is 8.01. The fourth-order valence-corrected chi connectivity index (χ4v) is 3.03. The second kappa shape index (κ2) is 7.45. The number of β-amino-alcohol motifs (C(OH)–C–C–N with tert-alkyl or cyclic N) is 1. The van der Waals surface area contributed by atoms with Gasteiger partial charge in [-0.05, 0) is 18.1 Å². The Hall–Kier alpha value is -2.71. The molecule has 1 aliphatic heterocycles. The van der Waals surface area contributed by atoms with Crippen molar-refractivity contribution in [1.82, 2.24) is 10.2 Å². The molecular formula is C17H19N3O5. The van der Waals surface area contributed by atoms with Gasteiger partial charge in [-0.1, -0.05) is 30.3 Å². The molecule has 2 atom stereocenters. The van der Waals surface area contributed by atoms with E-state index in [9.17, 15) is 20.0 Å². The second-order valence-corrected chi connectivity index (χ2v) is 6.06. The smallest absolute Gasteiger partial charge is 0.395 e. The Morgan fingerprint density at radius 3 is 2.76 bits per heavy atom. The number of benzene rings is 1. The van der Waals surface area contributed by atoms with Gasteiger partial charge in [-0.3, -0.25) is 19.8 Å². The van der Waals surface area contributed by atoms with E-state index in [-0.39, 0.29) is 11.8 Å². The Morgan fingerprint density at radius 2 is 2.08 bits per heavy atom. The summed E-state index contributed by atoms with van der Waals surface area (Å²) in [4.78, 5) is 24.1. The predicted molar refractivity (Wildman–Crippen MR) is 89.0 cm³/mol. The lowest BCUT2D eigenvalue weighted by Crippen LogP contribution is -2.39. The number of nitro groups is 1. The van der Waals surface area contributed by atoms with Gasteiger partial charge in [0.15, 0.2) is 5.76 Å². The summed E-state index contributed by atoms with van der Waals surface area (Å²) in [5, 5.41) is 23.3. The van der Waals surface area contributed by atoms with Crippen LogP contribution in [0.5, 0.6) is 0 Å². The van der Waals surface area contributed by atoms with Crippen LogP contribution >= 0.6 is 0 Å². The van der Waals surface area contributed by atoms with Crippen LogP contribution in [0.3, 0.4) is 0 Å². The van der Waals surface area contributed by atoms with Crippen LogP contribution in [0.2, 0.25) is 0 Å². The fourth-order valence-electron chi connectivity index (χ4n) is 3.03. The first-order valence-corrected chi connectivity index (χ1v) is 8.01. The number of aliphatic hydroxyl groups excluding tert-OH is 1. The van der Waals surface area contributed by atoms with Crippen LogP contribution in [0.15, 0.2) is 46.9 Å². The van der Waals surface area contributed by atoms with Gasteiger partial charge >= 0.3 is 5.88 Å². The van der Waals surface area contributed by atoms with Crippen molar-refractivity contribution in [1.29, 1.82) is 0 Å². The molecule has 1 aromatic carbocycles. The molecule has 0 saturated carbocycles. The SMILES string of the molecule is O=C(NC[C@@H]1C[C@@H](O)CN1Cc1ccccc1)c1ccc([N+](=O)[O-])o1. The number of carbonyl (C=O) groups is 1. The minimum Gasteiger partial charge on any atom is -0.395 e. The molecule has 1 fully saturated rings. The lowest BCUT2D eigenvalue weighted by atomic mass is 10.1. The van der Waals surface area contributed by atoms with Gasteiger partial charge in [-0.25, -0.2) is 0 Å². The molecule has 1 amide bonds. The largest absolute Gasteiger partial charge is 0.433 e. The molecule has 25 heavy (non-hydrogen) atoms. The molecule has 8 heteroatoms. The van der Waals surface area contributed by atoms with Crippen LogP contribution in [0.4, 0.5) is 5.88 Å². The van der Waals surface area contributed by atoms with E-state index >= 15 is 0 Å². The number of likely N-dealkylation sites (tertiary alicyclic amines) is 1. The summed E-state index contributed by atoms with van der Waals surface area (Å²) < 4.78 is 4.89. The zero-order valence-corrected chi connectivity index (χ0v) is 13.5. The monoisotopic (exact) mass is 345 g/mol. The Balaban J connectivity index is 1.58. The maximum Gasteiger partial charge on any atom is 0.433 e. The summed E-state index contributed by atoms with van der Waals surface area (Å²) in [6, 6.07) is 12.3. The molecule has 132 valence electrons. The van der Waals surface area contributed by atoms with E-state index in [0.29, 0.717) is 26.1 Å². The molecule has 1 aromatic heterocycles. The average Bonchev–Trinajstić information content (AvgIpc) is 3.21. The lowest BCUT2D eigenvalue weighted by Gasteiger charge is -2.24. The normalized spacial score (nSPS) is 20.5. The number of amides is 1. The van der Waals surface area contributed by atoms with Crippen molar-refractivity contribution in [2.24, 2.45) is 0 Å². The lowest BCUT2D eigenvalue weighted by molar-refractivity contribution is -0.402. The molecule has 1 saturated heterocycles. The second-order valence-electron chi connectivity index (χ2n) is 6.06. The molecule has 2 aromatic rings. The highest BCUT2D eigenvalue weighted by Crippen LogP contribution is 2.21. The highest BCUT2D eigenvalue weighted by Gasteiger charge is 2.31. The highest BCUT2D eigenvalue weighted by molar-refractivity contribution is 5.91. The summed E-state index contributed by atoms with van der Waals surface area (Å²) in [6.07, 6.45) is 0.126. The average molecular weight is 345 g/mol. The first-order chi connectivity index (χ1) is 12.0. The standard InChI is InChI=1S/C17H19N3O5/c21-14-8-13(19(11-14)10-12-4-2-1-3-5-12)9-18-17(22)15-6-7-16(25-15)20(23)24/h1-7,13-14,21H,8-11H2,(H,18,22)/t13-,14+/m0/s1. The van der Waals surface area contributed by atoms with Crippen LogP contribution in [-0.2, 0) is 6.54 Å². The van der Waals surface area contributed by atoms with E-state index in [4.69, 9.17) is 4.42 Å². The van der Waals surface area contributed by atoms with Crippen molar-refractivity contribution in [2.75, 3.05) is 13.1 Å². The van der Waals surface area contributed by atoms with Gasteiger partial charge in [0.1, 0.15) is 4.92 Å². The van der Waals surface area contributed by atoms with Crippen molar-refractivity contribution < 1.29 is 19.2 Å². The molecule has 2 N–H and O–H groups in total. The zero-order chi connectivity index (χ0) is 17.8. The minimum atomic E-state index is -0.689. The van der Waals surface area contributed by atoms with E-state index in [1.54, 1.807) is 0 Å². The summed E-state index contributed by atoms with van der Waals surface area (Å²) in [7, 11) is 0. The Kier molecular flexibility index (Phi) is 5.11. The topological polar surface area (TPSA) is 109 Å². The number of rotatable bonds is 6. The van der Waals surface area contributed by atoms with Crippen molar-refractivity contribution in [3.05, 3.63) is 63.9 Å². The van der Waals surface area contributed by atoms with E-state index in [1.807, 2.05) is 30.3 Å². The van der Waals surface area contributed by atoms with Gasteiger partial charge < -0.3 is 14.8 Å². The Bertz CT molecular complexity index is 746. The highest BCUT2D eigenvalue weighted by atomic mass is 16.6. The summed E-state index contributed by atoms with van der Waals surface area (Å²) in [5.74, 6) is -1.07. The van der Waals surface area contributed by atoms with Gasteiger partial charge in [-0.2, -0.15) is 0 Å². The molecule has 0 bridgehead atoms. The molecule has 1 aliphatic rings. The molecule has 2 heterocycles. The molecule has 0 spiro atoms. The van der Waals surface area contributed by atoms with Crippen molar-refractivity contribution in [3.8, 4) is 0 Å². The maximum absolute atomic E-state index is 12.1. The summed E-state index contributed by atoms with van der Waals surface area (Å²) in [5.41, 5.74) is 1.13. The molecular weight excluding hydrogens is 326 g/mol. The molecule has 0 aliphatic carbocycles. The maximum atomic E-state index is 12.1. The van der Waals surface area contributed by atoms with Crippen molar-refractivity contribution >= 4 is 11.8 Å². The van der Waals surface area contributed by atoms with Crippen LogP contribution in [0.1, 0.15) is 22.5 Å². The quantitative estimate of drug-likeness (QED) is 0.607. The number of nitrogens with one attached hydrogen (secondary N) is 1. The Morgan fingerprint density at radius 1 is 1.32 bits per heavy atom. The van der Waals surface area contributed by atoms with Gasteiger partial charge in [0, 0.05) is 25.7 Å². The van der Waals surface area contributed by atoms with E-state index in [1.165, 1.54) is 6.07 Å². The van der Waals surface area contributed by atoms with Crippen molar-refractivity contribution in [3.63, 3.8) is 0 Å². The number of hydrogen-bond donors (Lipinski definition) is 2. The summed E-state index contributed by atoms with van der Waals surface area (Å²) >= 11 is 0. The third-order valence-corrected chi connectivity index (χ3v) is 4.23.